The van der Waals surface area contributed by atoms with Gasteiger partial charge in [-0.1, -0.05) is 0 Å². The van der Waals surface area contributed by atoms with Gasteiger partial charge in [0.05, 0.1) is 23.3 Å². The minimum Gasteiger partial charge on any atom is -0.353 e. The van der Waals surface area contributed by atoms with Gasteiger partial charge < -0.3 is 15.1 Å². The Kier molecular flexibility index (Phi) is 5.32. The van der Waals surface area contributed by atoms with Crippen LogP contribution in [0, 0.1) is 0 Å². The molecule has 1 aliphatic heterocycles. The van der Waals surface area contributed by atoms with Crippen LogP contribution in [0.2, 0.25) is 0 Å². The van der Waals surface area contributed by atoms with Gasteiger partial charge in [-0.15, -0.1) is 5.10 Å². The molecular formula is C21H26F2N8O. The third-order valence-corrected chi connectivity index (χ3v) is 5.97. The number of carbonyl (C=O) groups is 1. The predicted molar refractivity (Wildman–Crippen MR) is 117 cm³/mol. The lowest BCUT2D eigenvalue weighted by Crippen LogP contribution is -2.43. The molecule has 32 heavy (non-hydrogen) atoms. The van der Waals surface area contributed by atoms with Crippen LogP contribution in [0.3, 0.4) is 0 Å². The number of likely N-dealkylation sites (N-methyl/N-ethyl adjacent to an activating group) is 1. The second kappa shape index (κ2) is 7.73. The number of halogens is 2. The second-order valence-electron chi connectivity index (χ2n) is 8.72. The Balaban J connectivity index is 1.86. The van der Waals surface area contributed by atoms with Crippen molar-refractivity contribution in [2.75, 3.05) is 37.4 Å². The number of nitrogens with one attached hydrogen (secondary N) is 1. The van der Waals surface area contributed by atoms with Crippen LogP contribution < -0.4 is 10.2 Å². The average Bonchev–Trinajstić information content (AvgIpc) is 3.28. The highest BCUT2D eigenvalue weighted by Crippen LogP contribution is 2.35. The molecule has 1 atom stereocenters. The molecule has 0 aromatic carbocycles. The number of rotatable bonds is 5. The van der Waals surface area contributed by atoms with Crippen molar-refractivity contribution < 1.29 is 13.6 Å². The molecule has 3 aromatic heterocycles. The van der Waals surface area contributed by atoms with Crippen LogP contribution in [0.15, 0.2) is 24.7 Å². The van der Waals surface area contributed by atoms with E-state index in [9.17, 15) is 13.6 Å². The summed E-state index contributed by atoms with van der Waals surface area (Å²) in [5.74, 6) is -2.23. The van der Waals surface area contributed by atoms with E-state index in [2.05, 4.69) is 37.0 Å². The summed E-state index contributed by atoms with van der Waals surface area (Å²) >= 11 is 0. The van der Waals surface area contributed by atoms with E-state index in [0.29, 0.717) is 17.2 Å². The van der Waals surface area contributed by atoms with Crippen LogP contribution in [0.5, 0.6) is 0 Å². The Morgan fingerprint density at radius 2 is 2.03 bits per heavy atom. The summed E-state index contributed by atoms with van der Waals surface area (Å²) in [6.07, 6.45) is 5.01. The Morgan fingerprint density at radius 3 is 2.66 bits per heavy atom. The Bertz CT molecular complexity index is 1170. The third kappa shape index (κ3) is 3.99. The SMILES string of the molecule is CC(=O)Nc1cc2c(cn1)c(N1CCC(C)(N(C)C)C1)nn2-c1cncc(C(C)(F)F)n1. The first kappa shape index (κ1) is 22.0. The first-order valence-electron chi connectivity index (χ1n) is 10.3. The van der Waals surface area contributed by atoms with Gasteiger partial charge in [-0.2, -0.15) is 8.78 Å². The first-order chi connectivity index (χ1) is 15.0. The second-order valence-corrected chi connectivity index (χ2v) is 8.72. The average molecular weight is 444 g/mol. The largest absolute Gasteiger partial charge is 0.353 e. The molecule has 0 aliphatic carbocycles. The molecule has 1 fully saturated rings. The molecule has 4 rings (SSSR count). The molecule has 1 N–H and O–H groups in total. The molecule has 1 aliphatic rings. The van der Waals surface area contributed by atoms with Crippen molar-refractivity contribution in [3.8, 4) is 5.82 Å². The lowest BCUT2D eigenvalue weighted by atomic mass is 10.0. The fraction of sp³-hybridized carbons (Fsp3) is 0.476. The van der Waals surface area contributed by atoms with Crippen molar-refractivity contribution in [3.05, 3.63) is 30.4 Å². The highest BCUT2D eigenvalue weighted by Gasteiger charge is 2.37. The van der Waals surface area contributed by atoms with Crippen LogP contribution in [0.1, 0.15) is 32.9 Å². The molecular weight excluding hydrogens is 418 g/mol. The highest BCUT2D eigenvalue weighted by atomic mass is 19.3. The van der Waals surface area contributed by atoms with Crippen molar-refractivity contribution in [2.24, 2.45) is 0 Å². The van der Waals surface area contributed by atoms with Gasteiger partial charge in [-0.25, -0.2) is 14.6 Å². The van der Waals surface area contributed by atoms with Gasteiger partial charge >= 0.3 is 0 Å². The molecule has 0 spiro atoms. The maximum atomic E-state index is 13.9. The third-order valence-electron chi connectivity index (χ3n) is 5.97. The summed E-state index contributed by atoms with van der Waals surface area (Å²) in [6.45, 7) is 5.89. The fourth-order valence-electron chi connectivity index (χ4n) is 3.81. The van der Waals surface area contributed by atoms with Gasteiger partial charge in [0.15, 0.2) is 11.6 Å². The number of hydrogen-bond donors (Lipinski definition) is 1. The van der Waals surface area contributed by atoms with Gasteiger partial charge in [-0.3, -0.25) is 9.78 Å². The number of alkyl halides is 2. The molecule has 0 radical (unpaired) electrons. The Hall–Kier alpha value is -3.21. The van der Waals surface area contributed by atoms with Gasteiger partial charge in [0, 0.05) is 44.7 Å². The zero-order chi connectivity index (χ0) is 23.3. The summed E-state index contributed by atoms with van der Waals surface area (Å²) in [6, 6.07) is 1.66. The number of fused-ring (bicyclic) bond motifs is 1. The Labute approximate surface area is 184 Å². The van der Waals surface area contributed by atoms with Crippen LogP contribution in [0.4, 0.5) is 20.4 Å². The van der Waals surface area contributed by atoms with E-state index in [0.717, 1.165) is 38.0 Å². The van der Waals surface area contributed by atoms with E-state index in [1.54, 1.807) is 12.3 Å². The van der Waals surface area contributed by atoms with E-state index < -0.39 is 11.6 Å². The summed E-state index contributed by atoms with van der Waals surface area (Å²) in [7, 11) is 4.10. The molecule has 11 heteroatoms. The maximum Gasteiger partial charge on any atom is 0.288 e. The quantitative estimate of drug-likeness (QED) is 0.647. The predicted octanol–water partition coefficient (Wildman–Crippen LogP) is 2.81. The lowest BCUT2D eigenvalue weighted by molar-refractivity contribution is -0.114. The van der Waals surface area contributed by atoms with Gasteiger partial charge in [0.2, 0.25) is 5.91 Å². The van der Waals surface area contributed by atoms with Crippen molar-refractivity contribution in [1.29, 1.82) is 0 Å². The summed E-state index contributed by atoms with van der Waals surface area (Å²) in [5, 5.41) is 8.12. The number of amides is 1. The molecule has 4 heterocycles. The molecule has 1 saturated heterocycles. The number of hydrogen-bond acceptors (Lipinski definition) is 7. The molecule has 170 valence electrons. The van der Waals surface area contributed by atoms with E-state index in [1.807, 2.05) is 14.1 Å². The van der Waals surface area contributed by atoms with E-state index in [4.69, 9.17) is 5.10 Å². The monoisotopic (exact) mass is 444 g/mol. The van der Waals surface area contributed by atoms with Crippen molar-refractivity contribution in [3.63, 3.8) is 0 Å². The van der Waals surface area contributed by atoms with Crippen LogP contribution >= 0.6 is 0 Å². The molecule has 0 saturated carbocycles. The summed E-state index contributed by atoms with van der Waals surface area (Å²) in [4.78, 5) is 28.3. The zero-order valence-electron chi connectivity index (χ0n) is 18.7. The zero-order valence-corrected chi connectivity index (χ0v) is 18.7. The van der Waals surface area contributed by atoms with Gasteiger partial charge in [0.1, 0.15) is 11.5 Å². The van der Waals surface area contributed by atoms with Crippen molar-refractivity contribution in [2.45, 2.75) is 38.7 Å². The van der Waals surface area contributed by atoms with E-state index in [1.165, 1.54) is 17.8 Å². The molecule has 1 amide bonds. The number of anilines is 2. The van der Waals surface area contributed by atoms with Crippen molar-refractivity contribution in [1.82, 2.24) is 29.6 Å². The number of nitrogens with zero attached hydrogens (tertiary/aromatic N) is 7. The van der Waals surface area contributed by atoms with Crippen LogP contribution in [0.25, 0.3) is 16.7 Å². The van der Waals surface area contributed by atoms with Crippen LogP contribution in [-0.2, 0) is 10.7 Å². The first-order valence-corrected chi connectivity index (χ1v) is 10.3. The minimum absolute atomic E-state index is 0.0242. The topological polar surface area (TPSA) is 92.1 Å². The molecule has 3 aromatic rings. The Morgan fingerprint density at radius 1 is 1.28 bits per heavy atom. The fourth-order valence-corrected chi connectivity index (χ4v) is 3.81. The summed E-state index contributed by atoms with van der Waals surface area (Å²) in [5.41, 5.74) is 0.115. The highest BCUT2D eigenvalue weighted by molar-refractivity contribution is 5.95. The number of aromatic nitrogens is 5. The van der Waals surface area contributed by atoms with E-state index in [-0.39, 0.29) is 17.3 Å². The van der Waals surface area contributed by atoms with Crippen LogP contribution in [-0.4, -0.2) is 68.3 Å². The van der Waals surface area contributed by atoms with E-state index >= 15 is 0 Å². The maximum absolute atomic E-state index is 13.9. The number of carbonyl (C=O) groups excluding carboxylic acids is 1. The molecule has 1 unspecified atom stereocenters. The number of pyridine rings is 1. The van der Waals surface area contributed by atoms with Gasteiger partial charge in [-0.05, 0) is 27.4 Å². The normalized spacial score (nSPS) is 19.2. The smallest absolute Gasteiger partial charge is 0.288 e. The molecule has 0 bridgehead atoms. The minimum atomic E-state index is -3.14. The standard InChI is InChI=1S/C21H26F2N8O/c1-13(32)26-17-8-15-14(9-25-17)19(30-7-6-20(2,12-30)29(4)5)28-31(15)18-11-24-10-16(27-18)21(3,22)23/h8-11H,6-7,12H2,1-5H3,(H,25,26,32). The lowest BCUT2D eigenvalue weighted by Gasteiger charge is -2.32. The summed E-state index contributed by atoms with van der Waals surface area (Å²) < 4.78 is 29.2. The van der Waals surface area contributed by atoms with Gasteiger partial charge in [0.25, 0.3) is 5.92 Å². The molecule has 9 nitrogen and oxygen atoms in total. The van der Waals surface area contributed by atoms with Crippen molar-refractivity contribution >= 4 is 28.4 Å².